The fourth-order valence-corrected chi connectivity index (χ4v) is 2.46. The molecule has 24 heavy (non-hydrogen) atoms. The second kappa shape index (κ2) is 7.67. The fourth-order valence-electron chi connectivity index (χ4n) is 2.46. The minimum absolute atomic E-state index is 0.0107. The van der Waals surface area contributed by atoms with Crippen molar-refractivity contribution in [1.29, 1.82) is 0 Å². The van der Waals surface area contributed by atoms with Gasteiger partial charge in [-0.05, 0) is 31.5 Å². The van der Waals surface area contributed by atoms with E-state index in [1.807, 2.05) is 0 Å². The maximum Gasteiger partial charge on any atom is 0.322 e. The molecule has 1 heterocycles. The van der Waals surface area contributed by atoms with Gasteiger partial charge in [-0.3, -0.25) is 14.5 Å². The summed E-state index contributed by atoms with van der Waals surface area (Å²) in [5.74, 6) is -0.721. The molecule has 1 aliphatic rings. The van der Waals surface area contributed by atoms with E-state index < -0.39 is 5.97 Å². The van der Waals surface area contributed by atoms with Crippen LogP contribution in [0.4, 0.5) is 10.5 Å². The van der Waals surface area contributed by atoms with Gasteiger partial charge in [0.15, 0.2) is 0 Å². The van der Waals surface area contributed by atoms with Gasteiger partial charge in [0.1, 0.15) is 5.75 Å². The van der Waals surface area contributed by atoms with Gasteiger partial charge in [0.2, 0.25) is 0 Å². The zero-order chi connectivity index (χ0) is 17.7. The standard InChI is InChI=1S/C16H21N3O5/c1-10(3-6-14(20)21)18-15(22)11-4-5-13(24-2)12(9-11)19-8-7-17-16(19)23/h4-5,9-10H,3,6-8H2,1-2H3,(H,17,23)(H,18,22)(H,20,21). The van der Waals surface area contributed by atoms with Crippen LogP contribution in [0.15, 0.2) is 18.2 Å². The SMILES string of the molecule is COc1ccc(C(=O)NC(C)CCC(=O)O)cc1N1CCNC1=O. The predicted molar refractivity (Wildman–Crippen MR) is 87.5 cm³/mol. The van der Waals surface area contributed by atoms with Crippen LogP contribution < -0.4 is 20.3 Å². The van der Waals surface area contributed by atoms with Crippen LogP contribution in [0.5, 0.6) is 5.75 Å². The number of carbonyl (C=O) groups excluding carboxylic acids is 2. The number of carboxylic acid groups (broad SMARTS) is 1. The minimum atomic E-state index is -0.900. The Kier molecular flexibility index (Phi) is 5.62. The van der Waals surface area contributed by atoms with Gasteiger partial charge >= 0.3 is 12.0 Å². The highest BCUT2D eigenvalue weighted by atomic mass is 16.5. The summed E-state index contributed by atoms with van der Waals surface area (Å²) in [7, 11) is 1.50. The summed E-state index contributed by atoms with van der Waals surface area (Å²) >= 11 is 0. The van der Waals surface area contributed by atoms with E-state index in [4.69, 9.17) is 9.84 Å². The number of anilines is 1. The number of methoxy groups -OCH3 is 1. The van der Waals surface area contributed by atoms with Crippen molar-refractivity contribution in [3.8, 4) is 5.75 Å². The lowest BCUT2D eigenvalue weighted by atomic mass is 10.1. The lowest BCUT2D eigenvalue weighted by Crippen LogP contribution is -2.33. The molecule has 1 aliphatic heterocycles. The first kappa shape index (κ1) is 17.6. The van der Waals surface area contributed by atoms with Crippen LogP contribution >= 0.6 is 0 Å². The van der Waals surface area contributed by atoms with Crippen LogP contribution in [0.1, 0.15) is 30.1 Å². The maximum absolute atomic E-state index is 12.3. The van der Waals surface area contributed by atoms with Gasteiger partial charge in [-0.1, -0.05) is 0 Å². The van der Waals surface area contributed by atoms with E-state index in [0.717, 1.165) is 0 Å². The van der Waals surface area contributed by atoms with Crippen molar-refractivity contribution in [2.24, 2.45) is 0 Å². The lowest BCUT2D eigenvalue weighted by molar-refractivity contribution is -0.137. The summed E-state index contributed by atoms with van der Waals surface area (Å²) in [5, 5.41) is 14.1. The van der Waals surface area contributed by atoms with Crippen LogP contribution in [0.2, 0.25) is 0 Å². The van der Waals surface area contributed by atoms with E-state index in [9.17, 15) is 14.4 Å². The molecule has 1 fully saturated rings. The average Bonchev–Trinajstić information content (AvgIpc) is 2.98. The van der Waals surface area contributed by atoms with Gasteiger partial charge in [-0.15, -0.1) is 0 Å². The molecule has 0 spiro atoms. The fraction of sp³-hybridized carbons (Fsp3) is 0.438. The number of amides is 3. The Morgan fingerprint density at radius 3 is 2.79 bits per heavy atom. The molecule has 1 atom stereocenters. The molecule has 3 N–H and O–H groups in total. The van der Waals surface area contributed by atoms with Crippen molar-refractivity contribution >= 4 is 23.6 Å². The molecule has 3 amide bonds. The van der Waals surface area contributed by atoms with E-state index in [-0.39, 0.29) is 24.4 Å². The van der Waals surface area contributed by atoms with Gasteiger partial charge in [0, 0.05) is 31.1 Å². The number of ether oxygens (including phenoxy) is 1. The Bertz CT molecular complexity index is 647. The highest BCUT2D eigenvalue weighted by Gasteiger charge is 2.25. The number of hydrogen-bond donors (Lipinski definition) is 3. The van der Waals surface area contributed by atoms with E-state index >= 15 is 0 Å². The summed E-state index contributed by atoms with van der Waals surface area (Å²) < 4.78 is 5.27. The molecular weight excluding hydrogens is 314 g/mol. The van der Waals surface area contributed by atoms with Crippen LogP contribution in [-0.4, -0.2) is 49.3 Å². The molecule has 130 valence electrons. The quantitative estimate of drug-likeness (QED) is 0.694. The normalized spacial score (nSPS) is 14.9. The number of urea groups is 1. The number of nitrogens with one attached hydrogen (secondary N) is 2. The number of benzene rings is 1. The number of carbonyl (C=O) groups is 3. The molecule has 0 aliphatic carbocycles. The van der Waals surface area contributed by atoms with Crippen LogP contribution in [0, 0.1) is 0 Å². The number of rotatable bonds is 7. The van der Waals surface area contributed by atoms with Crippen molar-refractivity contribution in [3.05, 3.63) is 23.8 Å². The van der Waals surface area contributed by atoms with E-state index in [0.29, 0.717) is 36.5 Å². The first-order chi connectivity index (χ1) is 11.4. The van der Waals surface area contributed by atoms with Crippen molar-refractivity contribution in [1.82, 2.24) is 10.6 Å². The smallest absolute Gasteiger partial charge is 0.322 e. The number of hydrogen-bond acceptors (Lipinski definition) is 4. The molecule has 1 aromatic carbocycles. The van der Waals surface area contributed by atoms with E-state index in [1.54, 1.807) is 25.1 Å². The zero-order valence-electron chi connectivity index (χ0n) is 13.7. The molecule has 0 aromatic heterocycles. The Balaban J connectivity index is 2.14. The van der Waals surface area contributed by atoms with E-state index in [1.165, 1.54) is 12.0 Å². The zero-order valence-corrected chi connectivity index (χ0v) is 13.7. The monoisotopic (exact) mass is 335 g/mol. The largest absolute Gasteiger partial charge is 0.495 e. The van der Waals surface area contributed by atoms with Crippen LogP contribution in [0.3, 0.4) is 0 Å². The molecule has 1 saturated heterocycles. The Labute approximate surface area is 139 Å². The molecule has 1 aromatic rings. The van der Waals surface area contributed by atoms with Gasteiger partial charge in [-0.25, -0.2) is 4.79 Å². The summed E-state index contributed by atoms with van der Waals surface area (Å²) in [6.07, 6.45) is 0.335. The highest BCUT2D eigenvalue weighted by Crippen LogP contribution is 2.30. The third-order valence-electron chi connectivity index (χ3n) is 3.76. The summed E-state index contributed by atoms with van der Waals surface area (Å²) in [4.78, 5) is 36.3. The molecule has 0 bridgehead atoms. The summed E-state index contributed by atoms with van der Waals surface area (Å²) in [5.41, 5.74) is 0.908. The van der Waals surface area contributed by atoms with Crippen molar-refractivity contribution in [3.63, 3.8) is 0 Å². The third kappa shape index (κ3) is 4.15. The molecule has 8 heteroatoms. The average molecular weight is 335 g/mol. The van der Waals surface area contributed by atoms with Crippen molar-refractivity contribution in [2.75, 3.05) is 25.1 Å². The van der Waals surface area contributed by atoms with Gasteiger partial charge in [0.05, 0.1) is 12.8 Å². The maximum atomic E-state index is 12.3. The predicted octanol–water partition coefficient (Wildman–Crippen LogP) is 1.21. The van der Waals surface area contributed by atoms with E-state index in [2.05, 4.69) is 10.6 Å². The molecule has 8 nitrogen and oxygen atoms in total. The Morgan fingerprint density at radius 1 is 1.46 bits per heavy atom. The van der Waals surface area contributed by atoms with Gasteiger partial charge in [-0.2, -0.15) is 0 Å². The van der Waals surface area contributed by atoms with Gasteiger partial charge in [0.25, 0.3) is 5.91 Å². The molecular formula is C16H21N3O5. The first-order valence-corrected chi connectivity index (χ1v) is 7.68. The summed E-state index contributed by atoms with van der Waals surface area (Å²) in [6, 6.07) is 4.34. The number of aliphatic carboxylic acids is 1. The molecule has 2 rings (SSSR count). The second-order valence-electron chi connectivity index (χ2n) is 5.58. The van der Waals surface area contributed by atoms with Crippen molar-refractivity contribution < 1.29 is 24.2 Å². The topological polar surface area (TPSA) is 108 Å². The lowest BCUT2D eigenvalue weighted by Gasteiger charge is -2.19. The first-order valence-electron chi connectivity index (χ1n) is 7.68. The molecule has 1 unspecified atom stereocenters. The second-order valence-corrected chi connectivity index (χ2v) is 5.58. The third-order valence-corrected chi connectivity index (χ3v) is 3.76. The Hall–Kier alpha value is -2.77. The van der Waals surface area contributed by atoms with Crippen LogP contribution in [0.25, 0.3) is 0 Å². The van der Waals surface area contributed by atoms with Crippen LogP contribution in [-0.2, 0) is 4.79 Å². The Morgan fingerprint density at radius 2 is 2.21 bits per heavy atom. The van der Waals surface area contributed by atoms with Gasteiger partial charge < -0.3 is 20.5 Å². The number of nitrogens with zero attached hydrogens (tertiary/aromatic N) is 1. The summed E-state index contributed by atoms with van der Waals surface area (Å²) in [6.45, 7) is 2.78. The molecule has 0 radical (unpaired) electrons. The highest BCUT2D eigenvalue weighted by molar-refractivity contribution is 6.00. The number of carboxylic acids is 1. The minimum Gasteiger partial charge on any atom is -0.495 e. The molecule has 0 saturated carbocycles. The van der Waals surface area contributed by atoms with Crippen molar-refractivity contribution in [2.45, 2.75) is 25.8 Å².